The minimum absolute atomic E-state index is 0.0630. The number of carboxylic acids is 1. The minimum atomic E-state index is -1.07. The van der Waals surface area contributed by atoms with Gasteiger partial charge in [-0.1, -0.05) is 11.6 Å². The van der Waals surface area contributed by atoms with E-state index >= 15 is 0 Å². The van der Waals surface area contributed by atoms with Gasteiger partial charge in [-0.3, -0.25) is 9.50 Å². The molecular formula is C10H6ClN5O2. The number of hydrogen-bond donors (Lipinski definition) is 2. The molecule has 2 N–H and O–H groups in total. The van der Waals surface area contributed by atoms with E-state index in [1.807, 2.05) is 0 Å². The van der Waals surface area contributed by atoms with E-state index in [1.54, 1.807) is 12.3 Å². The summed E-state index contributed by atoms with van der Waals surface area (Å²) in [5.41, 5.74) is 1.08. The van der Waals surface area contributed by atoms with E-state index < -0.39 is 5.97 Å². The lowest BCUT2D eigenvalue weighted by molar-refractivity contribution is 0.0696. The Hall–Kier alpha value is -2.41. The fourth-order valence-corrected chi connectivity index (χ4v) is 1.88. The molecule has 0 saturated heterocycles. The predicted molar refractivity (Wildman–Crippen MR) is 62.5 cm³/mol. The molecule has 3 aromatic heterocycles. The van der Waals surface area contributed by atoms with Crippen molar-refractivity contribution in [2.45, 2.75) is 0 Å². The summed E-state index contributed by atoms with van der Waals surface area (Å²) in [6, 6.07) is 3.04. The van der Waals surface area contributed by atoms with Gasteiger partial charge in [-0.15, -0.1) is 10.2 Å². The van der Waals surface area contributed by atoms with Crippen LogP contribution >= 0.6 is 11.6 Å². The number of aromatic amines is 1. The van der Waals surface area contributed by atoms with Gasteiger partial charge in [-0.05, 0) is 12.1 Å². The third kappa shape index (κ3) is 1.52. The number of carboxylic acid groups (broad SMARTS) is 1. The summed E-state index contributed by atoms with van der Waals surface area (Å²) in [4.78, 5) is 11.0. The van der Waals surface area contributed by atoms with E-state index in [0.29, 0.717) is 17.2 Å². The number of nitrogens with zero attached hydrogens (tertiary/aromatic N) is 4. The number of fused-ring (bicyclic) bond motifs is 1. The van der Waals surface area contributed by atoms with Gasteiger partial charge in [0.25, 0.3) is 0 Å². The lowest BCUT2D eigenvalue weighted by Crippen LogP contribution is -2.00. The van der Waals surface area contributed by atoms with Crippen LogP contribution in [-0.4, -0.2) is 35.9 Å². The third-order valence-electron chi connectivity index (χ3n) is 2.45. The van der Waals surface area contributed by atoms with E-state index in [4.69, 9.17) is 16.7 Å². The van der Waals surface area contributed by atoms with Crippen molar-refractivity contribution < 1.29 is 9.90 Å². The highest BCUT2D eigenvalue weighted by atomic mass is 35.5. The second kappa shape index (κ2) is 3.81. The van der Waals surface area contributed by atoms with Crippen LogP contribution in [0.25, 0.3) is 17.2 Å². The Kier molecular flexibility index (Phi) is 2.27. The van der Waals surface area contributed by atoms with Crippen LogP contribution in [0.5, 0.6) is 0 Å². The standard InChI is InChI=1S/C10H6ClN5O2/c11-6-3-5(10(17)18)4-16-8(6)14-15-9(16)7-1-2-12-13-7/h1-4H,(H,12,13)(H,17,18). The fourth-order valence-electron chi connectivity index (χ4n) is 1.63. The molecule has 90 valence electrons. The van der Waals surface area contributed by atoms with Gasteiger partial charge >= 0.3 is 5.97 Å². The molecule has 0 atom stereocenters. The van der Waals surface area contributed by atoms with E-state index in [0.717, 1.165) is 0 Å². The molecule has 0 amide bonds. The number of H-pyrrole nitrogens is 1. The first kappa shape index (κ1) is 10.7. The quantitative estimate of drug-likeness (QED) is 0.730. The van der Waals surface area contributed by atoms with Gasteiger partial charge in [0.2, 0.25) is 0 Å². The van der Waals surface area contributed by atoms with Crippen LogP contribution in [0.4, 0.5) is 0 Å². The first-order chi connectivity index (χ1) is 8.66. The third-order valence-corrected chi connectivity index (χ3v) is 2.73. The van der Waals surface area contributed by atoms with Gasteiger partial charge in [0.15, 0.2) is 11.5 Å². The largest absolute Gasteiger partial charge is 0.478 e. The summed E-state index contributed by atoms with van der Waals surface area (Å²) in [6.07, 6.45) is 2.98. The summed E-state index contributed by atoms with van der Waals surface area (Å²) in [7, 11) is 0. The van der Waals surface area contributed by atoms with Crippen LogP contribution < -0.4 is 0 Å². The van der Waals surface area contributed by atoms with Crippen LogP contribution in [0, 0.1) is 0 Å². The van der Waals surface area contributed by atoms with E-state index in [9.17, 15) is 4.79 Å². The van der Waals surface area contributed by atoms with E-state index in [-0.39, 0.29) is 10.6 Å². The van der Waals surface area contributed by atoms with Gasteiger partial charge in [0.1, 0.15) is 5.69 Å². The van der Waals surface area contributed by atoms with Crippen LogP contribution in [0.15, 0.2) is 24.5 Å². The van der Waals surface area contributed by atoms with Crippen molar-refractivity contribution in [2.75, 3.05) is 0 Å². The molecule has 3 aromatic rings. The number of halogens is 1. The molecule has 7 nitrogen and oxygen atoms in total. The Morgan fingerprint density at radius 2 is 2.28 bits per heavy atom. The normalized spacial score (nSPS) is 10.9. The number of pyridine rings is 1. The molecule has 3 rings (SSSR count). The molecule has 0 radical (unpaired) electrons. The smallest absolute Gasteiger partial charge is 0.337 e. The van der Waals surface area contributed by atoms with Crippen LogP contribution in [-0.2, 0) is 0 Å². The van der Waals surface area contributed by atoms with Crippen LogP contribution in [0.3, 0.4) is 0 Å². The topological polar surface area (TPSA) is 96.2 Å². The van der Waals surface area contributed by atoms with Gasteiger partial charge in [0, 0.05) is 12.4 Å². The molecule has 0 aliphatic carbocycles. The van der Waals surface area contributed by atoms with Crippen molar-refractivity contribution in [3.8, 4) is 11.5 Å². The van der Waals surface area contributed by atoms with Gasteiger partial charge in [0.05, 0.1) is 10.6 Å². The minimum Gasteiger partial charge on any atom is -0.478 e. The van der Waals surface area contributed by atoms with Gasteiger partial charge in [-0.2, -0.15) is 5.10 Å². The van der Waals surface area contributed by atoms with Crippen molar-refractivity contribution >= 4 is 23.2 Å². The Labute approximate surface area is 105 Å². The molecule has 0 fully saturated rings. The number of nitrogens with one attached hydrogen (secondary N) is 1. The zero-order valence-corrected chi connectivity index (χ0v) is 9.59. The maximum atomic E-state index is 11.0. The Bertz CT molecular complexity index is 734. The summed E-state index contributed by atoms with van der Waals surface area (Å²) >= 11 is 5.97. The highest BCUT2D eigenvalue weighted by Gasteiger charge is 2.15. The molecule has 3 heterocycles. The van der Waals surface area contributed by atoms with E-state index in [2.05, 4.69) is 20.4 Å². The van der Waals surface area contributed by atoms with Crippen molar-refractivity contribution in [2.24, 2.45) is 0 Å². The zero-order valence-electron chi connectivity index (χ0n) is 8.83. The first-order valence-electron chi connectivity index (χ1n) is 4.94. The summed E-state index contributed by atoms with van der Waals surface area (Å²) in [5.74, 6) is -0.615. The van der Waals surface area contributed by atoms with Gasteiger partial charge in [-0.25, -0.2) is 4.79 Å². The lowest BCUT2D eigenvalue weighted by atomic mass is 10.3. The SMILES string of the molecule is O=C(O)c1cc(Cl)c2nnc(-c3ccn[nH]3)n2c1. The molecule has 0 aromatic carbocycles. The average Bonchev–Trinajstić information content (AvgIpc) is 2.96. The Morgan fingerprint density at radius 3 is 2.94 bits per heavy atom. The highest BCUT2D eigenvalue weighted by Crippen LogP contribution is 2.22. The number of aromatic nitrogens is 5. The monoisotopic (exact) mass is 263 g/mol. The average molecular weight is 264 g/mol. The molecule has 0 unspecified atom stereocenters. The van der Waals surface area contributed by atoms with Crippen molar-refractivity contribution in [1.29, 1.82) is 0 Å². The molecule has 0 spiro atoms. The maximum Gasteiger partial charge on any atom is 0.337 e. The highest BCUT2D eigenvalue weighted by molar-refractivity contribution is 6.33. The van der Waals surface area contributed by atoms with Crippen LogP contribution in [0.1, 0.15) is 10.4 Å². The lowest BCUT2D eigenvalue weighted by Gasteiger charge is -2.01. The second-order valence-corrected chi connectivity index (χ2v) is 3.98. The predicted octanol–water partition coefficient (Wildman–Crippen LogP) is 1.47. The van der Waals surface area contributed by atoms with E-state index in [1.165, 1.54) is 16.7 Å². The van der Waals surface area contributed by atoms with Crippen LogP contribution in [0.2, 0.25) is 5.02 Å². The molecule has 18 heavy (non-hydrogen) atoms. The Morgan fingerprint density at radius 1 is 1.44 bits per heavy atom. The maximum absolute atomic E-state index is 11.0. The number of rotatable bonds is 2. The summed E-state index contributed by atoms with van der Waals surface area (Å²) in [6.45, 7) is 0. The number of carbonyl (C=O) groups is 1. The molecule has 0 bridgehead atoms. The first-order valence-corrected chi connectivity index (χ1v) is 5.32. The molecule has 0 aliphatic rings. The molecule has 0 saturated carbocycles. The van der Waals surface area contributed by atoms with Gasteiger partial charge < -0.3 is 5.11 Å². The second-order valence-electron chi connectivity index (χ2n) is 3.57. The fraction of sp³-hybridized carbons (Fsp3) is 0. The molecule has 0 aliphatic heterocycles. The zero-order chi connectivity index (χ0) is 12.7. The van der Waals surface area contributed by atoms with Crippen molar-refractivity contribution in [1.82, 2.24) is 24.8 Å². The van der Waals surface area contributed by atoms with Crippen molar-refractivity contribution in [3.05, 3.63) is 35.1 Å². The van der Waals surface area contributed by atoms with Crippen molar-refractivity contribution in [3.63, 3.8) is 0 Å². The summed E-state index contributed by atoms with van der Waals surface area (Å²) < 4.78 is 1.51. The summed E-state index contributed by atoms with van der Waals surface area (Å²) in [5, 5.41) is 23.6. The number of hydrogen-bond acceptors (Lipinski definition) is 4. The Balaban J connectivity index is 2.32. The molecule has 8 heteroatoms. The molecular weight excluding hydrogens is 258 g/mol. The number of aromatic carboxylic acids is 1.